The van der Waals surface area contributed by atoms with E-state index in [1.165, 1.54) is 0 Å². The Hall–Kier alpha value is -0.650. The summed E-state index contributed by atoms with van der Waals surface area (Å²) in [5.41, 5.74) is -0.880. The molecule has 1 heterocycles. The summed E-state index contributed by atoms with van der Waals surface area (Å²) in [5, 5.41) is 12.7. The molecule has 5 nitrogen and oxygen atoms in total. The van der Waals surface area contributed by atoms with Gasteiger partial charge in [0, 0.05) is 31.7 Å². The fraction of sp³-hybridized carbons (Fsp3) is 0.929. The van der Waals surface area contributed by atoms with Crippen molar-refractivity contribution in [3.8, 4) is 0 Å². The van der Waals surface area contributed by atoms with Crippen LogP contribution in [-0.4, -0.2) is 72.2 Å². The van der Waals surface area contributed by atoms with Crippen LogP contribution in [0.15, 0.2) is 0 Å². The number of carboxylic acid groups (broad SMARTS) is 1. The quantitative estimate of drug-likeness (QED) is 0.745. The van der Waals surface area contributed by atoms with Gasteiger partial charge >= 0.3 is 5.97 Å². The van der Waals surface area contributed by atoms with Crippen molar-refractivity contribution in [2.45, 2.75) is 45.3 Å². The Kier molecular flexibility index (Phi) is 5.35. The Labute approximate surface area is 117 Å². The fourth-order valence-electron chi connectivity index (χ4n) is 3.11. The van der Waals surface area contributed by atoms with Crippen LogP contribution < -0.4 is 5.32 Å². The van der Waals surface area contributed by atoms with Crippen LogP contribution in [0.2, 0.25) is 0 Å². The van der Waals surface area contributed by atoms with Crippen LogP contribution in [0, 0.1) is 5.92 Å². The van der Waals surface area contributed by atoms with Gasteiger partial charge in [-0.2, -0.15) is 0 Å². The summed E-state index contributed by atoms with van der Waals surface area (Å²) in [4.78, 5) is 16.0. The highest BCUT2D eigenvalue weighted by molar-refractivity contribution is 5.78. The van der Waals surface area contributed by atoms with Gasteiger partial charge < -0.3 is 10.0 Å². The molecule has 0 aromatic rings. The van der Waals surface area contributed by atoms with Gasteiger partial charge in [-0.25, -0.2) is 0 Å². The van der Waals surface area contributed by atoms with E-state index in [2.05, 4.69) is 36.1 Å². The second-order valence-electron chi connectivity index (χ2n) is 6.64. The summed E-state index contributed by atoms with van der Waals surface area (Å²) < 4.78 is 0. The lowest BCUT2D eigenvalue weighted by molar-refractivity contribution is -0.145. The van der Waals surface area contributed by atoms with Gasteiger partial charge in [0.15, 0.2) is 0 Å². The van der Waals surface area contributed by atoms with Crippen LogP contribution in [0.25, 0.3) is 0 Å². The summed E-state index contributed by atoms with van der Waals surface area (Å²) in [6, 6.07) is 0.669. The van der Waals surface area contributed by atoms with E-state index in [1.54, 1.807) is 6.92 Å². The molecule has 5 heteroatoms. The first-order chi connectivity index (χ1) is 8.65. The van der Waals surface area contributed by atoms with Gasteiger partial charge in [-0.05, 0) is 40.8 Å². The monoisotopic (exact) mass is 271 g/mol. The van der Waals surface area contributed by atoms with E-state index in [1.807, 2.05) is 13.8 Å². The maximum atomic E-state index is 11.5. The highest BCUT2D eigenvalue weighted by Crippen LogP contribution is 2.22. The maximum Gasteiger partial charge on any atom is 0.324 e. The predicted molar refractivity (Wildman–Crippen MR) is 77.4 cm³/mol. The van der Waals surface area contributed by atoms with E-state index in [0.717, 1.165) is 13.1 Å². The third-order valence-electron chi connectivity index (χ3n) is 3.93. The Balaban J connectivity index is 2.69. The largest absolute Gasteiger partial charge is 0.480 e. The molecule has 0 aromatic heterocycles. The molecule has 1 aliphatic heterocycles. The number of likely N-dealkylation sites (tertiary alicyclic amines) is 1. The van der Waals surface area contributed by atoms with Gasteiger partial charge in [0.1, 0.15) is 5.54 Å². The molecule has 0 spiro atoms. The third-order valence-corrected chi connectivity index (χ3v) is 3.93. The van der Waals surface area contributed by atoms with Gasteiger partial charge in [0.25, 0.3) is 0 Å². The molecule has 1 aliphatic rings. The predicted octanol–water partition coefficient (Wildman–Crippen LogP) is 0.710. The lowest BCUT2D eigenvalue weighted by Gasteiger charge is -2.33. The molecule has 0 aliphatic carbocycles. The number of nitrogens with zero attached hydrogens (tertiary/aromatic N) is 2. The van der Waals surface area contributed by atoms with Crippen LogP contribution in [0.4, 0.5) is 0 Å². The molecule has 0 radical (unpaired) electrons. The van der Waals surface area contributed by atoms with E-state index in [-0.39, 0.29) is 6.04 Å². The number of hydrogen-bond donors (Lipinski definition) is 2. The molecule has 0 amide bonds. The van der Waals surface area contributed by atoms with Gasteiger partial charge in [-0.15, -0.1) is 0 Å². The van der Waals surface area contributed by atoms with E-state index in [0.29, 0.717) is 18.5 Å². The lowest BCUT2D eigenvalue weighted by Crippen LogP contribution is -2.58. The van der Waals surface area contributed by atoms with Crippen LogP contribution in [-0.2, 0) is 4.79 Å². The Morgan fingerprint density at radius 1 is 1.47 bits per heavy atom. The number of carboxylic acids is 1. The summed E-state index contributed by atoms with van der Waals surface area (Å²) in [7, 11) is 4.18. The van der Waals surface area contributed by atoms with Crippen molar-refractivity contribution >= 4 is 5.97 Å². The molecule has 0 aromatic carbocycles. The SMILES string of the molecule is CC(C)NC(C)(CN1CC(C)C(N(C)C)C1)C(=O)O. The summed E-state index contributed by atoms with van der Waals surface area (Å²) in [6.45, 7) is 10.4. The average Bonchev–Trinajstić information content (AvgIpc) is 2.57. The van der Waals surface area contributed by atoms with Gasteiger partial charge in [0.2, 0.25) is 0 Å². The molecular weight excluding hydrogens is 242 g/mol. The van der Waals surface area contributed by atoms with E-state index < -0.39 is 11.5 Å². The molecule has 2 N–H and O–H groups in total. The van der Waals surface area contributed by atoms with Crippen molar-refractivity contribution < 1.29 is 9.90 Å². The second kappa shape index (κ2) is 6.20. The number of hydrogen-bond acceptors (Lipinski definition) is 4. The van der Waals surface area contributed by atoms with Crippen molar-refractivity contribution in [3.05, 3.63) is 0 Å². The Morgan fingerprint density at radius 3 is 2.42 bits per heavy atom. The first-order valence-corrected chi connectivity index (χ1v) is 7.05. The Morgan fingerprint density at radius 2 is 2.05 bits per heavy atom. The minimum Gasteiger partial charge on any atom is -0.480 e. The average molecular weight is 271 g/mol. The van der Waals surface area contributed by atoms with E-state index in [9.17, 15) is 9.90 Å². The molecule has 0 saturated carbocycles. The van der Waals surface area contributed by atoms with Gasteiger partial charge in [-0.1, -0.05) is 6.92 Å². The normalized spacial score (nSPS) is 28.0. The molecular formula is C14H29N3O2. The van der Waals surface area contributed by atoms with Gasteiger partial charge in [-0.3, -0.25) is 15.0 Å². The zero-order chi connectivity index (χ0) is 14.8. The molecule has 3 unspecified atom stereocenters. The van der Waals surface area contributed by atoms with Crippen LogP contribution in [0.3, 0.4) is 0 Å². The Bertz CT molecular complexity index is 320. The van der Waals surface area contributed by atoms with Gasteiger partial charge in [0.05, 0.1) is 0 Å². The molecule has 1 fully saturated rings. The standard InChI is InChI=1S/C14H29N3O2/c1-10(2)15-14(4,13(18)19)9-17-7-11(3)12(8-17)16(5)6/h10-12,15H,7-9H2,1-6H3,(H,18,19). The summed E-state index contributed by atoms with van der Waals surface area (Å²) in [5.74, 6) is -0.200. The number of carbonyl (C=O) groups is 1. The van der Waals surface area contributed by atoms with Crippen LogP contribution in [0.1, 0.15) is 27.7 Å². The number of nitrogens with one attached hydrogen (secondary N) is 1. The van der Waals surface area contributed by atoms with Crippen LogP contribution >= 0.6 is 0 Å². The van der Waals surface area contributed by atoms with Crippen molar-refractivity contribution in [3.63, 3.8) is 0 Å². The first-order valence-electron chi connectivity index (χ1n) is 7.05. The minimum atomic E-state index is -0.880. The van der Waals surface area contributed by atoms with E-state index in [4.69, 9.17) is 0 Å². The smallest absolute Gasteiger partial charge is 0.324 e. The van der Waals surface area contributed by atoms with Crippen molar-refractivity contribution in [1.29, 1.82) is 0 Å². The van der Waals surface area contributed by atoms with E-state index >= 15 is 0 Å². The number of aliphatic carboxylic acids is 1. The molecule has 1 rings (SSSR count). The second-order valence-corrected chi connectivity index (χ2v) is 6.64. The van der Waals surface area contributed by atoms with Crippen LogP contribution in [0.5, 0.6) is 0 Å². The fourth-order valence-corrected chi connectivity index (χ4v) is 3.11. The highest BCUT2D eigenvalue weighted by Gasteiger charge is 2.39. The molecule has 112 valence electrons. The van der Waals surface area contributed by atoms with Crippen molar-refractivity contribution in [1.82, 2.24) is 15.1 Å². The van der Waals surface area contributed by atoms with Crippen molar-refractivity contribution in [2.75, 3.05) is 33.7 Å². The topological polar surface area (TPSA) is 55.8 Å². The highest BCUT2D eigenvalue weighted by atomic mass is 16.4. The first kappa shape index (κ1) is 16.4. The zero-order valence-electron chi connectivity index (χ0n) is 13.1. The van der Waals surface area contributed by atoms with Crippen molar-refractivity contribution in [2.24, 2.45) is 5.92 Å². The molecule has 19 heavy (non-hydrogen) atoms. The molecule has 3 atom stereocenters. The lowest BCUT2D eigenvalue weighted by atomic mass is 10.0. The summed E-state index contributed by atoms with van der Waals surface area (Å²) in [6.07, 6.45) is 0. The number of likely N-dealkylation sites (N-methyl/N-ethyl adjacent to an activating group) is 1. The third kappa shape index (κ3) is 4.16. The zero-order valence-corrected chi connectivity index (χ0v) is 13.1. The molecule has 0 bridgehead atoms. The molecule has 1 saturated heterocycles. The maximum absolute atomic E-state index is 11.5. The summed E-state index contributed by atoms with van der Waals surface area (Å²) >= 11 is 0. The minimum absolute atomic E-state index is 0.158. The number of rotatable bonds is 6.